The minimum absolute atomic E-state index is 0.253. The van der Waals surface area contributed by atoms with Gasteiger partial charge in [0.05, 0.1) is 30.7 Å². The lowest BCUT2D eigenvalue weighted by atomic mass is 9.97. The average Bonchev–Trinajstić information content (AvgIpc) is 3.66. The van der Waals surface area contributed by atoms with E-state index in [2.05, 4.69) is 36.1 Å². The Morgan fingerprint density at radius 3 is 2.85 bits per heavy atom. The second-order valence-electron chi connectivity index (χ2n) is 9.48. The fraction of sp³-hybridized carbons (Fsp3) is 0.286. The molecule has 4 aromatic rings. The molecule has 206 valence electrons. The summed E-state index contributed by atoms with van der Waals surface area (Å²) in [6.07, 6.45) is 11.6. The Morgan fingerprint density at radius 2 is 2.02 bits per heavy atom. The molecule has 0 unspecified atom stereocenters. The Hall–Kier alpha value is -4.51. The highest BCUT2D eigenvalue weighted by atomic mass is 35.5. The molecule has 1 aliphatic rings. The van der Waals surface area contributed by atoms with Gasteiger partial charge < -0.3 is 15.0 Å². The number of anilines is 1. The topological polar surface area (TPSA) is 140 Å². The number of tetrazole rings is 1. The molecule has 3 N–H and O–H groups in total. The second-order valence-corrected chi connectivity index (χ2v) is 9.91. The van der Waals surface area contributed by atoms with Crippen molar-refractivity contribution in [3.8, 4) is 16.9 Å². The number of hydrogen-bond acceptors (Lipinski definition) is 7. The lowest BCUT2D eigenvalue weighted by Gasteiger charge is -2.17. The standard InChI is InChI=1S/C28H29ClN8O3/c1-40-28(39)32-21-10-11-22-18(15-21)6-4-2-3-5-7-23(27-30-16-24(22)34-27)33-26(38)13-8-19-14-20(29)9-12-25(19)37-17-31-35-36-37/h8-17,23H,2-7H2,1H3,(H,30,34)(H,32,39)(H,33,38)/t23-/m0/s1. The summed E-state index contributed by atoms with van der Waals surface area (Å²) in [5.74, 6) is 0.439. The number of hydrogen-bond donors (Lipinski definition) is 3. The smallest absolute Gasteiger partial charge is 0.411 e. The molecule has 2 bridgehead atoms. The van der Waals surface area contributed by atoms with E-state index in [0.29, 0.717) is 27.8 Å². The molecule has 2 aromatic heterocycles. The van der Waals surface area contributed by atoms with Crippen molar-refractivity contribution in [3.63, 3.8) is 0 Å². The number of H-pyrrole nitrogens is 1. The van der Waals surface area contributed by atoms with Gasteiger partial charge in [0.15, 0.2) is 0 Å². The van der Waals surface area contributed by atoms with Gasteiger partial charge in [-0.05, 0) is 71.7 Å². The molecule has 1 aliphatic heterocycles. The van der Waals surface area contributed by atoms with Crippen molar-refractivity contribution in [1.29, 1.82) is 0 Å². The molecule has 12 heteroatoms. The van der Waals surface area contributed by atoms with Crippen LogP contribution in [0.15, 0.2) is 55.0 Å². The lowest BCUT2D eigenvalue weighted by Crippen LogP contribution is -2.27. The van der Waals surface area contributed by atoms with E-state index in [0.717, 1.165) is 55.3 Å². The first-order valence-corrected chi connectivity index (χ1v) is 13.4. The maximum Gasteiger partial charge on any atom is 0.411 e. The monoisotopic (exact) mass is 560 g/mol. The zero-order chi connectivity index (χ0) is 27.9. The van der Waals surface area contributed by atoms with Crippen LogP contribution < -0.4 is 10.6 Å². The van der Waals surface area contributed by atoms with Crippen LogP contribution in [0.25, 0.3) is 23.0 Å². The van der Waals surface area contributed by atoms with Gasteiger partial charge in [-0.1, -0.05) is 36.9 Å². The van der Waals surface area contributed by atoms with Gasteiger partial charge in [0.2, 0.25) is 5.91 Å². The van der Waals surface area contributed by atoms with Crippen LogP contribution in [0.5, 0.6) is 0 Å². The van der Waals surface area contributed by atoms with E-state index in [-0.39, 0.29) is 11.9 Å². The number of methoxy groups -OCH3 is 1. The minimum Gasteiger partial charge on any atom is -0.453 e. The number of nitrogens with zero attached hydrogens (tertiary/aromatic N) is 5. The summed E-state index contributed by atoms with van der Waals surface area (Å²) >= 11 is 6.20. The van der Waals surface area contributed by atoms with Crippen LogP contribution in [0.2, 0.25) is 5.02 Å². The first kappa shape index (κ1) is 27.1. The predicted octanol–water partition coefficient (Wildman–Crippen LogP) is 5.26. The number of aromatic amines is 1. The van der Waals surface area contributed by atoms with Crippen LogP contribution >= 0.6 is 11.6 Å². The molecule has 0 aliphatic carbocycles. The van der Waals surface area contributed by atoms with E-state index in [1.54, 1.807) is 30.5 Å². The molecule has 3 heterocycles. The van der Waals surface area contributed by atoms with E-state index < -0.39 is 6.09 Å². The number of rotatable bonds is 5. The van der Waals surface area contributed by atoms with E-state index in [1.165, 1.54) is 24.2 Å². The second kappa shape index (κ2) is 12.6. The van der Waals surface area contributed by atoms with Gasteiger partial charge in [-0.25, -0.2) is 9.78 Å². The predicted molar refractivity (Wildman–Crippen MR) is 151 cm³/mol. The summed E-state index contributed by atoms with van der Waals surface area (Å²) < 4.78 is 6.24. The van der Waals surface area contributed by atoms with Crippen molar-refractivity contribution in [2.45, 2.75) is 44.6 Å². The number of imidazole rings is 1. The molecule has 2 amide bonds. The fourth-order valence-electron chi connectivity index (χ4n) is 4.78. The van der Waals surface area contributed by atoms with Crippen molar-refractivity contribution in [3.05, 3.63) is 77.0 Å². The lowest BCUT2D eigenvalue weighted by molar-refractivity contribution is -0.117. The molecule has 0 radical (unpaired) electrons. The van der Waals surface area contributed by atoms with Gasteiger partial charge in [-0.2, -0.15) is 4.68 Å². The summed E-state index contributed by atoms with van der Waals surface area (Å²) in [5.41, 5.74) is 5.05. The zero-order valence-corrected chi connectivity index (χ0v) is 22.7. The first-order chi connectivity index (χ1) is 19.5. The third kappa shape index (κ3) is 6.55. The van der Waals surface area contributed by atoms with Gasteiger partial charge in [-0.15, -0.1) is 5.10 Å². The van der Waals surface area contributed by atoms with Crippen molar-refractivity contribution in [1.82, 2.24) is 35.5 Å². The first-order valence-electron chi connectivity index (χ1n) is 13.0. The van der Waals surface area contributed by atoms with Crippen molar-refractivity contribution >= 4 is 35.4 Å². The Bertz CT molecular complexity index is 1520. The summed E-state index contributed by atoms with van der Waals surface area (Å²) in [6.45, 7) is 0. The van der Waals surface area contributed by atoms with E-state index in [4.69, 9.17) is 16.3 Å². The molecule has 2 aromatic carbocycles. The minimum atomic E-state index is -0.508. The Labute approximate surface area is 236 Å². The highest BCUT2D eigenvalue weighted by Gasteiger charge is 2.19. The van der Waals surface area contributed by atoms with E-state index in [9.17, 15) is 9.59 Å². The van der Waals surface area contributed by atoms with Crippen LogP contribution in [0.4, 0.5) is 10.5 Å². The van der Waals surface area contributed by atoms with Crippen LogP contribution in [-0.4, -0.2) is 49.3 Å². The van der Waals surface area contributed by atoms with E-state index >= 15 is 0 Å². The molecular formula is C28H29ClN8O3. The number of carbonyl (C=O) groups is 2. The number of halogens is 1. The summed E-state index contributed by atoms with van der Waals surface area (Å²) in [6, 6.07) is 10.8. The maximum absolute atomic E-state index is 13.0. The number of benzene rings is 2. The van der Waals surface area contributed by atoms with Crippen LogP contribution in [0, 0.1) is 0 Å². The highest BCUT2D eigenvalue weighted by molar-refractivity contribution is 6.30. The Balaban J connectivity index is 1.36. The number of nitrogens with one attached hydrogen (secondary N) is 3. The molecule has 0 saturated heterocycles. The third-order valence-electron chi connectivity index (χ3n) is 6.76. The van der Waals surface area contributed by atoms with Gasteiger partial charge in [0.1, 0.15) is 12.2 Å². The number of carbonyl (C=O) groups excluding carboxylic acids is 2. The Morgan fingerprint density at radius 1 is 1.15 bits per heavy atom. The largest absolute Gasteiger partial charge is 0.453 e. The van der Waals surface area contributed by atoms with Gasteiger partial charge >= 0.3 is 6.09 Å². The van der Waals surface area contributed by atoms with Gasteiger partial charge in [0.25, 0.3) is 0 Å². The molecule has 11 nitrogen and oxygen atoms in total. The van der Waals surface area contributed by atoms with Crippen LogP contribution in [0.1, 0.15) is 55.1 Å². The molecular weight excluding hydrogens is 532 g/mol. The third-order valence-corrected chi connectivity index (χ3v) is 6.99. The molecule has 5 rings (SSSR count). The Kier molecular flexibility index (Phi) is 8.50. The van der Waals surface area contributed by atoms with E-state index in [1.807, 2.05) is 18.2 Å². The van der Waals surface area contributed by atoms with Gasteiger partial charge in [0, 0.05) is 27.9 Å². The fourth-order valence-corrected chi connectivity index (χ4v) is 4.96. The number of aromatic nitrogens is 6. The normalized spacial score (nSPS) is 15.5. The quantitative estimate of drug-likeness (QED) is 0.283. The SMILES string of the molecule is COC(=O)Nc1ccc2c(c1)CCCCCC[C@H](NC(=O)C=Cc1cc(Cl)ccc1-n1cnnn1)c1ncc-2[nH]1. The van der Waals surface area contributed by atoms with Crippen molar-refractivity contribution in [2.24, 2.45) is 0 Å². The number of ether oxygens (including phenoxy) is 1. The summed E-state index contributed by atoms with van der Waals surface area (Å²) in [7, 11) is 1.34. The van der Waals surface area contributed by atoms with Crippen LogP contribution in [-0.2, 0) is 16.0 Å². The highest BCUT2D eigenvalue weighted by Crippen LogP contribution is 2.30. The number of aryl methyl sites for hydroxylation is 1. The van der Waals surface area contributed by atoms with Crippen molar-refractivity contribution in [2.75, 3.05) is 12.4 Å². The zero-order valence-electron chi connectivity index (χ0n) is 21.9. The molecule has 0 spiro atoms. The molecule has 40 heavy (non-hydrogen) atoms. The summed E-state index contributed by atoms with van der Waals surface area (Å²) in [4.78, 5) is 32.8. The molecule has 1 atom stereocenters. The molecule has 0 saturated carbocycles. The average molecular weight is 561 g/mol. The van der Waals surface area contributed by atoms with Gasteiger partial charge in [-0.3, -0.25) is 10.1 Å². The maximum atomic E-state index is 13.0. The summed E-state index contributed by atoms with van der Waals surface area (Å²) in [5, 5.41) is 17.7. The number of amides is 2. The van der Waals surface area contributed by atoms with Crippen molar-refractivity contribution < 1.29 is 14.3 Å². The number of fused-ring (bicyclic) bond motifs is 4. The van der Waals surface area contributed by atoms with Crippen LogP contribution in [0.3, 0.4) is 0 Å². The molecule has 0 fully saturated rings.